The number of halogens is 1. The van der Waals surface area contributed by atoms with Crippen LogP contribution in [0.1, 0.15) is 37.3 Å². The molecule has 3 aromatic rings. The third kappa shape index (κ3) is 5.14. The van der Waals surface area contributed by atoms with Crippen molar-refractivity contribution in [3.8, 4) is 33.8 Å². The standard InChI is InChI=1S/C30H27FO5/c1-17(2)29(33)35-27-12-9-20(15-28(27)36-30(34)18(3)4)19-7-11-25(26(31)14-19)22-8-10-24-21(13-22)5-6-23(24)16-32/h7-15,23,32H,1,3,5-6,16H2,2,4H3. The van der Waals surface area contributed by atoms with Crippen LogP contribution >= 0.6 is 0 Å². The van der Waals surface area contributed by atoms with Crippen LogP contribution in [0.2, 0.25) is 0 Å². The Balaban J connectivity index is 1.67. The van der Waals surface area contributed by atoms with Crippen molar-refractivity contribution in [1.82, 2.24) is 0 Å². The summed E-state index contributed by atoms with van der Waals surface area (Å²) in [6.07, 6.45) is 1.76. The van der Waals surface area contributed by atoms with Crippen LogP contribution in [0, 0.1) is 5.82 Å². The van der Waals surface area contributed by atoms with Crippen molar-refractivity contribution in [3.05, 3.63) is 95.8 Å². The van der Waals surface area contributed by atoms with Crippen LogP contribution in [-0.4, -0.2) is 23.7 Å². The molecule has 1 aliphatic carbocycles. The van der Waals surface area contributed by atoms with Crippen molar-refractivity contribution in [1.29, 1.82) is 0 Å². The molecule has 0 saturated heterocycles. The fourth-order valence-electron chi connectivity index (χ4n) is 4.22. The minimum absolute atomic E-state index is 0.0108. The molecular weight excluding hydrogens is 459 g/mol. The minimum atomic E-state index is -0.679. The van der Waals surface area contributed by atoms with Gasteiger partial charge in [0.1, 0.15) is 5.82 Å². The second kappa shape index (κ2) is 10.3. The van der Waals surface area contributed by atoms with Gasteiger partial charge in [0, 0.05) is 29.2 Å². The lowest BCUT2D eigenvalue weighted by atomic mass is 9.95. The predicted molar refractivity (Wildman–Crippen MR) is 136 cm³/mol. The number of fused-ring (bicyclic) bond motifs is 1. The lowest BCUT2D eigenvalue weighted by Crippen LogP contribution is -2.12. The van der Waals surface area contributed by atoms with E-state index in [1.165, 1.54) is 32.0 Å². The van der Waals surface area contributed by atoms with Gasteiger partial charge in [0.05, 0.1) is 0 Å². The molecule has 0 aliphatic heterocycles. The molecule has 0 radical (unpaired) electrons. The van der Waals surface area contributed by atoms with Crippen LogP contribution in [0.3, 0.4) is 0 Å². The molecule has 0 fully saturated rings. The third-order valence-electron chi connectivity index (χ3n) is 6.22. The van der Waals surface area contributed by atoms with Gasteiger partial charge in [-0.15, -0.1) is 0 Å². The maximum absolute atomic E-state index is 15.3. The Morgan fingerprint density at radius 2 is 1.50 bits per heavy atom. The number of aryl methyl sites for hydroxylation is 1. The van der Waals surface area contributed by atoms with Crippen molar-refractivity contribution in [2.75, 3.05) is 6.61 Å². The first-order valence-corrected chi connectivity index (χ1v) is 11.6. The Morgan fingerprint density at radius 3 is 2.14 bits per heavy atom. The average molecular weight is 487 g/mol. The predicted octanol–water partition coefficient (Wildman–Crippen LogP) is 6.14. The highest BCUT2D eigenvalue weighted by Gasteiger charge is 2.22. The molecule has 6 heteroatoms. The van der Waals surface area contributed by atoms with E-state index in [-0.39, 0.29) is 35.2 Å². The molecule has 0 aromatic heterocycles. The van der Waals surface area contributed by atoms with Gasteiger partial charge in [-0.05, 0) is 72.7 Å². The molecule has 1 aliphatic rings. The smallest absolute Gasteiger partial charge is 0.338 e. The summed E-state index contributed by atoms with van der Waals surface area (Å²) in [5, 5.41) is 9.54. The Bertz CT molecular complexity index is 1390. The number of carbonyl (C=O) groups is 2. The average Bonchev–Trinajstić information content (AvgIpc) is 3.27. The van der Waals surface area contributed by atoms with Gasteiger partial charge >= 0.3 is 11.9 Å². The molecule has 184 valence electrons. The zero-order valence-electron chi connectivity index (χ0n) is 20.3. The molecule has 4 rings (SSSR count). The largest absolute Gasteiger partial charge is 0.419 e. The van der Waals surface area contributed by atoms with Gasteiger partial charge in [0.25, 0.3) is 0 Å². The number of hydrogen-bond acceptors (Lipinski definition) is 5. The molecule has 1 atom stereocenters. The van der Waals surface area contributed by atoms with Crippen LogP contribution in [0.25, 0.3) is 22.3 Å². The summed E-state index contributed by atoms with van der Waals surface area (Å²) in [7, 11) is 0. The molecule has 1 unspecified atom stereocenters. The first-order chi connectivity index (χ1) is 17.2. The van der Waals surface area contributed by atoms with E-state index in [1.54, 1.807) is 18.2 Å². The van der Waals surface area contributed by atoms with Crippen LogP contribution in [0.5, 0.6) is 11.5 Å². The molecule has 0 bridgehead atoms. The number of aliphatic hydroxyl groups excluding tert-OH is 1. The quantitative estimate of drug-likeness (QED) is 0.247. The van der Waals surface area contributed by atoms with Crippen molar-refractivity contribution < 1.29 is 28.6 Å². The zero-order valence-corrected chi connectivity index (χ0v) is 20.3. The molecule has 0 amide bonds. The normalized spacial score (nSPS) is 14.2. The molecule has 0 spiro atoms. The van der Waals surface area contributed by atoms with E-state index in [4.69, 9.17) is 9.47 Å². The number of ether oxygens (including phenoxy) is 2. The Labute approximate surface area is 209 Å². The molecule has 36 heavy (non-hydrogen) atoms. The number of aliphatic hydroxyl groups is 1. The highest BCUT2D eigenvalue weighted by atomic mass is 19.1. The first kappa shape index (κ1) is 25.1. The molecule has 0 heterocycles. The van der Waals surface area contributed by atoms with Crippen LogP contribution in [-0.2, 0) is 16.0 Å². The molecular formula is C30H27FO5. The van der Waals surface area contributed by atoms with Crippen molar-refractivity contribution in [2.45, 2.75) is 32.6 Å². The maximum Gasteiger partial charge on any atom is 0.338 e. The SMILES string of the molecule is C=C(C)C(=O)Oc1ccc(-c2ccc(-c3ccc4c(c3)CCC4CO)c(F)c2)cc1OC(=O)C(=C)C. The van der Waals surface area contributed by atoms with Gasteiger partial charge in [-0.2, -0.15) is 0 Å². The monoisotopic (exact) mass is 486 g/mol. The van der Waals surface area contributed by atoms with Crippen molar-refractivity contribution >= 4 is 11.9 Å². The summed E-state index contributed by atoms with van der Waals surface area (Å²) >= 11 is 0. The van der Waals surface area contributed by atoms with Crippen LogP contribution < -0.4 is 9.47 Å². The topological polar surface area (TPSA) is 72.8 Å². The third-order valence-corrected chi connectivity index (χ3v) is 6.22. The fraction of sp³-hybridized carbons (Fsp3) is 0.200. The number of hydrogen-bond donors (Lipinski definition) is 1. The van der Waals surface area contributed by atoms with E-state index in [9.17, 15) is 14.7 Å². The zero-order chi connectivity index (χ0) is 26.0. The molecule has 3 aromatic carbocycles. The summed E-state index contributed by atoms with van der Waals surface area (Å²) in [4.78, 5) is 24.2. The first-order valence-electron chi connectivity index (χ1n) is 11.6. The molecule has 0 saturated carbocycles. The highest BCUT2D eigenvalue weighted by Crippen LogP contribution is 2.38. The second-order valence-corrected chi connectivity index (χ2v) is 9.03. The van der Waals surface area contributed by atoms with Gasteiger partial charge in [-0.1, -0.05) is 49.6 Å². The molecule has 5 nitrogen and oxygen atoms in total. The Hall–Kier alpha value is -4.03. The summed E-state index contributed by atoms with van der Waals surface area (Å²) < 4.78 is 25.9. The fourth-order valence-corrected chi connectivity index (χ4v) is 4.22. The number of benzene rings is 3. The summed E-state index contributed by atoms with van der Waals surface area (Å²) in [6, 6.07) is 15.4. The second-order valence-electron chi connectivity index (χ2n) is 9.03. The van der Waals surface area contributed by atoms with Crippen molar-refractivity contribution in [3.63, 3.8) is 0 Å². The van der Waals surface area contributed by atoms with Gasteiger partial charge in [0.2, 0.25) is 0 Å². The summed E-state index contributed by atoms with van der Waals surface area (Å²) in [5.41, 5.74) is 4.99. The van der Waals surface area contributed by atoms with E-state index < -0.39 is 17.8 Å². The Kier molecular flexibility index (Phi) is 7.17. The van der Waals surface area contributed by atoms with Crippen LogP contribution in [0.4, 0.5) is 4.39 Å². The van der Waals surface area contributed by atoms with Gasteiger partial charge in [-0.25, -0.2) is 14.0 Å². The number of rotatable bonds is 7. The lowest BCUT2D eigenvalue weighted by Gasteiger charge is -2.13. The van der Waals surface area contributed by atoms with E-state index >= 15 is 4.39 Å². The van der Waals surface area contributed by atoms with E-state index in [1.807, 2.05) is 18.2 Å². The van der Waals surface area contributed by atoms with E-state index in [0.717, 1.165) is 29.5 Å². The maximum atomic E-state index is 15.3. The van der Waals surface area contributed by atoms with Gasteiger partial charge in [-0.3, -0.25) is 0 Å². The van der Waals surface area contributed by atoms with E-state index in [0.29, 0.717) is 16.7 Å². The summed E-state index contributed by atoms with van der Waals surface area (Å²) in [6.45, 7) is 10.3. The number of esters is 2. The van der Waals surface area contributed by atoms with Crippen molar-refractivity contribution in [2.24, 2.45) is 0 Å². The van der Waals surface area contributed by atoms with Gasteiger partial charge in [0.15, 0.2) is 11.5 Å². The summed E-state index contributed by atoms with van der Waals surface area (Å²) in [5.74, 6) is -1.55. The van der Waals surface area contributed by atoms with Crippen LogP contribution in [0.15, 0.2) is 78.9 Å². The lowest BCUT2D eigenvalue weighted by molar-refractivity contribution is -0.132. The molecule has 1 N–H and O–H groups in total. The number of carbonyl (C=O) groups excluding carboxylic acids is 2. The minimum Gasteiger partial charge on any atom is -0.419 e. The van der Waals surface area contributed by atoms with E-state index in [2.05, 4.69) is 13.2 Å². The highest BCUT2D eigenvalue weighted by molar-refractivity contribution is 5.91. The van der Waals surface area contributed by atoms with Gasteiger partial charge < -0.3 is 14.6 Å². The Morgan fingerprint density at radius 1 is 0.889 bits per heavy atom.